The zero-order valence-corrected chi connectivity index (χ0v) is 14.0. The van der Waals surface area contributed by atoms with Crippen LogP contribution in [0.2, 0.25) is 0 Å². The number of pyridine rings is 1. The maximum absolute atomic E-state index is 12.5. The molecule has 140 valence electrons. The number of aromatic hydroxyl groups is 1. The van der Waals surface area contributed by atoms with Crippen LogP contribution in [0.5, 0.6) is 11.5 Å². The van der Waals surface area contributed by atoms with Crippen LogP contribution in [0.4, 0.5) is 13.2 Å². The number of halogens is 3. The van der Waals surface area contributed by atoms with Crippen LogP contribution in [0.1, 0.15) is 15.9 Å². The minimum Gasteiger partial charge on any atom is -0.508 e. The molecule has 0 atom stereocenters. The van der Waals surface area contributed by atoms with Gasteiger partial charge in [-0.15, -0.1) is 13.2 Å². The van der Waals surface area contributed by atoms with E-state index in [0.29, 0.717) is 12.1 Å². The summed E-state index contributed by atoms with van der Waals surface area (Å²) in [7, 11) is -3.24. The van der Waals surface area contributed by atoms with Crippen LogP contribution in [0.25, 0.3) is 0 Å². The molecule has 1 heterocycles. The second-order valence-electron chi connectivity index (χ2n) is 5.01. The van der Waals surface area contributed by atoms with Crippen molar-refractivity contribution in [1.29, 1.82) is 0 Å². The zero-order valence-electron chi connectivity index (χ0n) is 13.1. The van der Waals surface area contributed by atoms with Crippen molar-refractivity contribution < 1.29 is 41.0 Å². The number of phenols is 1. The number of nitrogens with zero attached hydrogens (tertiary/aromatic N) is 1. The van der Waals surface area contributed by atoms with Gasteiger partial charge in [0.15, 0.2) is 9.84 Å². The van der Waals surface area contributed by atoms with Crippen LogP contribution in [-0.2, 0) is 20.3 Å². The molecule has 0 aliphatic carbocycles. The molecule has 0 amide bonds. The van der Waals surface area contributed by atoms with Crippen LogP contribution in [0.3, 0.4) is 0 Å². The third-order valence-corrected chi connectivity index (χ3v) is 4.76. The monoisotopic (exact) mass is 391 g/mol. The van der Waals surface area contributed by atoms with Crippen LogP contribution < -0.4 is 4.74 Å². The van der Waals surface area contributed by atoms with E-state index < -0.39 is 44.3 Å². The SMILES string of the molecule is COC(=O)c1cncc(CS(=O)(=O)c2cc(O)ccc2OC(F)(F)F)c1. The lowest BCUT2D eigenvalue weighted by Gasteiger charge is -2.14. The average molecular weight is 391 g/mol. The highest BCUT2D eigenvalue weighted by Gasteiger charge is 2.34. The number of hydrogen-bond acceptors (Lipinski definition) is 7. The number of esters is 1. The number of methoxy groups -OCH3 is 1. The first kappa shape index (κ1) is 19.5. The van der Waals surface area contributed by atoms with Crippen molar-refractivity contribution in [3.05, 3.63) is 47.8 Å². The van der Waals surface area contributed by atoms with E-state index in [0.717, 1.165) is 25.6 Å². The van der Waals surface area contributed by atoms with Gasteiger partial charge in [0.1, 0.15) is 16.4 Å². The largest absolute Gasteiger partial charge is 0.573 e. The molecule has 0 aliphatic heterocycles. The third-order valence-electron chi connectivity index (χ3n) is 3.06. The van der Waals surface area contributed by atoms with Gasteiger partial charge in [0, 0.05) is 18.5 Å². The average Bonchev–Trinajstić information content (AvgIpc) is 2.54. The standard InChI is InChI=1S/C15H12F3NO6S/c1-24-14(21)10-4-9(6-19-7-10)8-26(22,23)13-5-11(20)2-3-12(13)25-15(16,17)18/h2-7,20H,8H2,1H3. The Labute approximate surface area is 145 Å². The number of ether oxygens (including phenoxy) is 2. The number of sulfone groups is 1. The van der Waals surface area contributed by atoms with Gasteiger partial charge in [0.05, 0.1) is 18.4 Å². The van der Waals surface area contributed by atoms with E-state index in [1.165, 1.54) is 6.07 Å². The summed E-state index contributed by atoms with van der Waals surface area (Å²) in [6.07, 6.45) is -2.83. The molecule has 0 bridgehead atoms. The van der Waals surface area contributed by atoms with Gasteiger partial charge in [-0.25, -0.2) is 13.2 Å². The maximum Gasteiger partial charge on any atom is 0.573 e. The molecule has 11 heteroatoms. The number of hydrogen-bond donors (Lipinski definition) is 1. The molecule has 0 fully saturated rings. The van der Waals surface area contributed by atoms with E-state index in [1.54, 1.807) is 0 Å². The first-order chi connectivity index (χ1) is 12.0. The van der Waals surface area contributed by atoms with Gasteiger partial charge in [-0.3, -0.25) is 4.98 Å². The Bertz CT molecular complexity index is 927. The van der Waals surface area contributed by atoms with E-state index in [9.17, 15) is 31.5 Å². The Morgan fingerprint density at radius 3 is 2.54 bits per heavy atom. The Morgan fingerprint density at radius 1 is 1.23 bits per heavy atom. The van der Waals surface area contributed by atoms with Crippen molar-refractivity contribution in [1.82, 2.24) is 4.98 Å². The highest BCUT2D eigenvalue weighted by Crippen LogP contribution is 2.34. The number of phenolic OH excluding ortho intramolecular Hbond substituents is 1. The summed E-state index contributed by atoms with van der Waals surface area (Å²) >= 11 is 0. The Kier molecular flexibility index (Phi) is 5.40. The minimum atomic E-state index is -5.12. The fraction of sp³-hybridized carbons (Fsp3) is 0.200. The van der Waals surface area contributed by atoms with Crippen molar-refractivity contribution in [2.75, 3.05) is 7.11 Å². The normalized spacial score (nSPS) is 11.8. The number of rotatable bonds is 5. The second-order valence-corrected chi connectivity index (χ2v) is 6.97. The molecule has 0 radical (unpaired) electrons. The van der Waals surface area contributed by atoms with Gasteiger partial charge in [-0.05, 0) is 23.8 Å². The molecule has 0 spiro atoms. The zero-order chi connectivity index (χ0) is 19.5. The molecule has 0 unspecified atom stereocenters. The number of alkyl halides is 3. The first-order valence-corrected chi connectivity index (χ1v) is 8.51. The Hall–Kier alpha value is -2.82. The number of carbonyl (C=O) groups excluding carboxylic acids is 1. The topological polar surface area (TPSA) is 103 Å². The number of benzene rings is 1. The van der Waals surface area contributed by atoms with Crippen molar-refractivity contribution >= 4 is 15.8 Å². The fourth-order valence-corrected chi connectivity index (χ4v) is 3.51. The summed E-state index contributed by atoms with van der Waals surface area (Å²) < 4.78 is 70.6. The summed E-state index contributed by atoms with van der Waals surface area (Å²) in [4.78, 5) is 14.3. The maximum atomic E-state index is 12.5. The fourth-order valence-electron chi connectivity index (χ4n) is 2.04. The lowest BCUT2D eigenvalue weighted by molar-refractivity contribution is -0.275. The lowest BCUT2D eigenvalue weighted by atomic mass is 10.2. The molecule has 1 aromatic carbocycles. The summed E-state index contributed by atoms with van der Waals surface area (Å²) in [6.45, 7) is 0. The minimum absolute atomic E-state index is 0.0251. The van der Waals surface area contributed by atoms with Crippen molar-refractivity contribution in [3.8, 4) is 11.5 Å². The molecule has 0 aliphatic rings. The van der Waals surface area contributed by atoms with Crippen LogP contribution >= 0.6 is 0 Å². The molecule has 1 N–H and O–H groups in total. The predicted octanol–water partition coefficient (Wildman–Crippen LogP) is 2.45. The number of carbonyl (C=O) groups is 1. The predicted molar refractivity (Wildman–Crippen MR) is 81.3 cm³/mol. The molecular formula is C15H12F3NO6S. The molecule has 2 aromatic rings. The Balaban J connectivity index is 2.42. The molecule has 26 heavy (non-hydrogen) atoms. The molecule has 1 aromatic heterocycles. The van der Waals surface area contributed by atoms with Gasteiger partial charge in [-0.2, -0.15) is 0 Å². The van der Waals surface area contributed by atoms with Crippen LogP contribution in [-0.4, -0.2) is 37.9 Å². The molecule has 7 nitrogen and oxygen atoms in total. The molecule has 0 saturated heterocycles. The Morgan fingerprint density at radius 2 is 1.92 bits per heavy atom. The van der Waals surface area contributed by atoms with Crippen molar-refractivity contribution in [2.45, 2.75) is 17.0 Å². The second kappa shape index (κ2) is 7.20. The molecular weight excluding hydrogens is 379 g/mol. The van der Waals surface area contributed by atoms with E-state index >= 15 is 0 Å². The van der Waals surface area contributed by atoms with Gasteiger partial charge < -0.3 is 14.6 Å². The van der Waals surface area contributed by atoms with Crippen molar-refractivity contribution in [3.63, 3.8) is 0 Å². The summed E-state index contributed by atoms with van der Waals surface area (Å²) in [6, 6.07) is 3.38. The van der Waals surface area contributed by atoms with Crippen LogP contribution in [0.15, 0.2) is 41.6 Å². The van der Waals surface area contributed by atoms with Gasteiger partial charge in [0.2, 0.25) is 0 Å². The lowest BCUT2D eigenvalue weighted by Crippen LogP contribution is -2.19. The third kappa shape index (κ3) is 4.85. The quantitative estimate of drug-likeness (QED) is 0.781. The van der Waals surface area contributed by atoms with Crippen molar-refractivity contribution in [2.24, 2.45) is 0 Å². The summed E-state index contributed by atoms with van der Waals surface area (Å²) in [5.41, 5.74) is 0.0112. The highest BCUT2D eigenvalue weighted by atomic mass is 32.2. The highest BCUT2D eigenvalue weighted by molar-refractivity contribution is 7.90. The summed E-state index contributed by atoms with van der Waals surface area (Å²) in [5.74, 6) is -3.07. The van der Waals surface area contributed by atoms with E-state index in [2.05, 4.69) is 14.5 Å². The summed E-state index contributed by atoms with van der Waals surface area (Å²) in [5, 5.41) is 9.44. The van der Waals surface area contributed by atoms with Crippen LogP contribution in [0, 0.1) is 0 Å². The molecule has 2 rings (SSSR count). The molecule has 0 saturated carbocycles. The van der Waals surface area contributed by atoms with Gasteiger partial charge in [0.25, 0.3) is 0 Å². The van der Waals surface area contributed by atoms with Gasteiger partial charge >= 0.3 is 12.3 Å². The van der Waals surface area contributed by atoms with Gasteiger partial charge in [-0.1, -0.05) is 0 Å². The van der Waals surface area contributed by atoms with E-state index in [-0.39, 0.29) is 11.1 Å². The first-order valence-electron chi connectivity index (χ1n) is 6.85. The smallest absolute Gasteiger partial charge is 0.508 e. The van der Waals surface area contributed by atoms with E-state index in [1.807, 2.05) is 0 Å². The van der Waals surface area contributed by atoms with E-state index in [4.69, 9.17) is 0 Å². The number of aromatic nitrogens is 1.